The Kier molecular flexibility index (Phi) is 4.16. The van der Waals surface area contributed by atoms with E-state index in [1.165, 1.54) is 0 Å². The van der Waals surface area contributed by atoms with Crippen LogP contribution >= 0.6 is 34.2 Å². The fraction of sp³-hybridized carbons (Fsp3) is 0.273. The highest BCUT2D eigenvalue weighted by Gasteiger charge is 2.20. The SMILES string of the molecule is CC(C)(C#N)NC(=O)c1ccc(I)c(Cl)c1. The highest BCUT2D eigenvalue weighted by Crippen LogP contribution is 2.19. The summed E-state index contributed by atoms with van der Waals surface area (Å²) in [5.41, 5.74) is -0.430. The summed E-state index contributed by atoms with van der Waals surface area (Å²) in [6.07, 6.45) is 0. The van der Waals surface area contributed by atoms with Crippen molar-refractivity contribution >= 4 is 40.1 Å². The third kappa shape index (κ3) is 3.35. The van der Waals surface area contributed by atoms with Crippen LogP contribution in [0.5, 0.6) is 0 Å². The Morgan fingerprint density at radius 2 is 2.19 bits per heavy atom. The lowest BCUT2D eigenvalue weighted by atomic mass is 10.1. The maximum absolute atomic E-state index is 11.8. The van der Waals surface area contributed by atoms with Crippen molar-refractivity contribution in [3.8, 4) is 6.07 Å². The van der Waals surface area contributed by atoms with Crippen molar-refractivity contribution in [2.24, 2.45) is 0 Å². The van der Waals surface area contributed by atoms with Crippen LogP contribution in [0.25, 0.3) is 0 Å². The molecular formula is C11H10ClIN2O. The summed E-state index contributed by atoms with van der Waals surface area (Å²) in [6, 6.07) is 7.03. The van der Waals surface area contributed by atoms with Gasteiger partial charge in [0.15, 0.2) is 0 Å². The van der Waals surface area contributed by atoms with Gasteiger partial charge >= 0.3 is 0 Å². The molecule has 1 aromatic carbocycles. The van der Waals surface area contributed by atoms with Crippen LogP contribution in [0.15, 0.2) is 18.2 Å². The minimum Gasteiger partial charge on any atom is -0.334 e. The molecule has 0 radical (unpaired) electrons. The number of nitrogens with one attached hydrogen (secondary N) is 1. The zero-order valence-corrected chi connectivity index (χ0v) is 11.8. The third-order valence-corrected chi connectivity index (χ3v) is 3.46. The molecular weight excluding hydrogens is 338 g/mol. The quantitative estimate of drug-likeness (QED) is 0.836. The van der Waals surface area contributed by atoms with Crippen molar-refractivity contribution in [1.29, 1.82) is 5.26 Å². The summed E-state index contributed by atoms with van der Waals surface area (Å²) in [5, 5.41) is 11.9. The average molecular weight is 349 g/mol. The van der Waals surface area contributed by atoms with Crippen molar-refractivity contribution in [3.63, 3.8) is 0 Å². The standard InChI is InChI=1S/C11H10ClIN2O/c1-11(2,6-14)15-10(16)7-3-4-9(13)8(12)5-7/h3-5H,1-2H3,(H,15,16). The van der Waals surface area contributed by atoms with Crippen molar-refractivity contribution in [1.82, 2.24) is 5.32 Å². The molecule has 84 valence electrons. The molecule has 0 aliphatic rings. The van der Waals surface area contributed by atoms with Crippen molar-refractivity contribution in [2.45, 2.75) is 19.4 Å². The lowest BCUT2D eigenvalue weighted by Crippen LogP contribution is -2.42. The minimum atomic E-state index is -0.882. The van der Waals surface area contributed by atoms with Gasteiger partial charge in [-0.05, 0) is 54.6 Å². The van der Waals surface area contributed by atoms with E-state index in [4.69, 9.17) is 16.9 Å². The highest BCUT2D eigenvalue weighted by molar-refractivity contribution is 14.1. The molecule has 0 unspecified atom stereocenters. The van der Waals surface area contributed by atoms with Gasteiger partial charge in [0.2, 0.25) is 0 Å². The van der Waals surface area contributed by atoms with E-state index in [0.717, 1.165) is 3.57 Å². The van der Waals surface area contributed by atoms with Gasteiger partial charge in [-0.25, -0.2) is 0 Å². The predicted molar refractivity (Wildman–Crippen MR) is 71.3 cm³/mol. The van der Waals surface area contributed by atoms with E-state index in [1.54, 1.807) is 32.0 Å². The van der Waals surface area contributed by atoms with Crippen molar-refractivity contribution in [3.05, 3.63) is 32.4 Å². The molecule has 1 amide bonds. The van der Waals surface area contributed by atoms with Gasteiger partial charge in [-0.2, -0.15) is 5.26 Å². The number of carbonyl (C=O) groups excluding carboxylic acids is 1. The maximum atomic E-state index is 11.8. The van der Waals surface area contributed by atoms with Crippen LogP contribution in [-0.4, -0.2) is 11.4 Å². The van der Waals surface area contributed by atoms with Gasteiger partial charge in [-0.15, -0.1) is 0 Å². The Hall–Kier alpha value is -0.800. The van der Waals surface area contributed by atoms with E-state index >= 15 is 0 Å². The summed E-state index contributed by atoms with van der Waals surface area (Å²) in [7, 11) is 0. The zero-order chi connectivity index (χ0) is 12.3. The molecule has 0 spiro atoms. The monoisotopic (exact) mass is 348 g/mol. The lowest BCUT2D eigenvalue weighted by Gasteiger charge is -2.17. The van der Waals surface area contributed by atoms with Crippen LogP contribution in [0.4, 0.5) is 0 Å². The van der Waals surface area contributed by atoms with Gasteiger partial charge in [0.05, 0.1) is 11.1 Å². The Morgan fingerprint density at radius 3 is 2.69 bits per heavy atom. The van der Waals surface area contributed by atoms with E-state index in [1.807, 2.05) is 6.07 Å². The molecule has 0 atom stereocenters. The number of benzene rings is 1. The Balaban J connectivity index is 2.91. The summed E-state index contributed by atoms with van der Waals surface area (Å²) in [5.74, 6) is -0.301. The second-order valence-electron chi connectivity index (χ2n) is 3.82. The van der Waals surface area contributed by atoms with E-state index in [-0.39, 0.29) is 5.91 Å². The Morgan fingerprint density at radius 1 is 1.56 bits per heavy atom. The number of nitriles is 1. The Bertz CT molecular complexity index is 466. The average Bonchev–Trinajstić information content (AvgIpc) is 2.21. The molecule has 0 fully saturated rings. The first-order valence-corrected chi connectivity index (χ1v) is 6.00. The van der Waals surface area contributed by atoms with Crippen LogP contribution in [0.2, 0.25) is 5.02 Å². The predicted octanol–water partition coefficient (Wildman–Crippen LogP) is 2.98. The van der Waals surface area contributed by atoms with E-state index in [9.17, 15) is 4.79 Å². The number of hydrogen-bond donors (Lipinski definition) is 1. The summed E-state index contributed by atoms with van der Waals surface area (Å²) < 4.78 is 0.885. The molecule has 0 aliphatic heterocycles. The fourth-order valence-corrected chi connectivity index (χ4v) is 1.54. The topological polar surface area (TPSA) is 52.9 Å². The van der Waals surface area contributed by atoms with Crippen LogP contribution in [-0.2, 0) is 0 Å². The number of hydrogen-bond acceptors (Lipinski definition) is 2. The van der Waals surface area contributed by atoms with Crippen LogP contribution in [0.3, 0.4) is 0 Å². The number of amides is 1. The van der Waals surface area contributed by atoms with E-state index in [0.29, 0.717) is 10.6 Å². The van der Waals surface area contributed by atoms with Crippen LogP contribution < -0.4 is 5.32 Å². The molecule has 5 heteroatoms. The molecule has 0 aromatic heterocycles. The second-order valence-corrected chi connectivity index (χ2v) is 5.39. The van der Waals surface area contributed by atoms with Crippen molar-refractivity contribution < 1.29 is 4.79 Å². The summed E-state index contributed by atoms with van der Waals surface area (Å²) >= 11 is 7.99. The Labute approximate surface area is 113 Å². The summed E-state index contributed by atoms with van der Waals surface area (Å²) in [6.45, 7) is 3.28. The molecule has 0 saturated heterocycles. The first kappa shape index (κ1) is 13.3. The molecule has 1 N–H and O–H groups in total. The van der Waals surface area contributed by atoms with Gasteiger partial charge in [0.25, 0.3) is 5.91 Å². The smallest absolute Gasteiger partial charge is 0.252 e. The number of rotatable bonds is 2. The number of carbonyl (C=O) groups is 1. The molecule has 1 aromatic rings. The molecule has 0 saturated carbocycles. The molecule has 16 heavy (non-hydrogen) atoms. The maximum Gasteiger partial charge on any atom is 0.252 e. The van der Waals surface area contributed by atoms with Gasteiger partial charge in [0.1, 0.15) is 5.54 Å². The largest absolute Gasteiger partial charge is 0.334 e. The minimum absolute atomic E-state index is 0.301. The normalized spacial score (nSPS) is 10.7. The molecule has 1 rings (SSSR count). The molecule has 3 nitrogen and oxygen atoms in total. The van der Waals surface area contributed by atoms with Crippen LogP contribution in [0.1, 0.15) is 24.2 Å². The fourth-order valence-electron chi connectivity index (χ4n) is 1.02. The van der Waals surface area contributed by atoms with Gasteiger partial charge in [-0.3, -0.25) is 4.79 Å². The zero-order valence-electron chi connectivity index (χ0n) is 8.84. The molecule has 0 heterocycles. The van der Waals surface area contributed by atoms with Gasteiger partial charge in [-0.1, -0.05) is 11.6 Å². The lowest BCUT2D eigenvalue weighted by molar-refractivity contribution is 0.0929. The van der Waals surface area contributed by atoms with E-state index in [2.05, 4.69) is 27.9 Å². The van der Waals surface area contributed by atoms with Gasteiger partial charge < -0.3 is 5.32 Å². The van der Waals surface area contributed by atoms with E-state index < -0.39 is 5.54 Å². The number of nitrogens with zero attached hydrogens (tertiary/aromatic N) is 1. The second kappa shape index (κ2) is 5.02. The first-order valence-electron chi connectivity index (χ1n) is 4.54. The molecule has 0 aliphatic carbocycles. The number of halogens is 2. The highest BCUT2D eigenvalue weighted by atomic mass is 127. The van der Waals surface area contributed by atoms with Crippen molar-refractivity contribution in [2.75, 3.05) is 0 Å². The van der Waals surface area contributed by atoms with Crippen LogP contribution in [0, 0.1) is 14.9 Å². The van der Waals surface area contributed by atoms with Gasteiger partial charge in [0, 0.05) is 9.13 Å². The first-order chi connectivity index (χ1) is 7.35. The molecule has 0 bridgehead atoms. The third-order valence-electron chi connectivity index (χ3n) is 1.89. The summed E-state index contributed by atoms with van der Waals surface area (Å²) in [4.78, 5) is 11.8.